The molecule has 2 fully saturated rings. The van der Waals surface area contributed by atoms with Crippen LogP contribution in [-0.4, -0.2) is 73.9 Å². The number of sulfonamides is 1. The van der Waals surface area contributed by atoms with Crippen LogP contribution in [0.3, 0.4) is 0 Å². The van der Waals surface area contributed by atoms with Gasteiger partial charge in [0, 0.05) is 85.6 Å². The van der Waals surface area contributed by atoms with Crippen LogP contribution in [0.1, 0.15) is 33.4 Å². The van der Waals surface area contributed by atoms with E-state index in [2.05, 4.69) is 138 Å². The molecule has 7 aromatic rings. The van der Waals surface area contributed by atoms with E-state index < -0.39 is 10.0 Å². The third kappa shape index (κ3) is 12.4. The van der Waals surface area contributed by atoms with Crippen LogP contribution in [0.25, 0.3) is 22.3 Å². The topological polar surface area (TPSA) is 55.9 Å². The number of rotatable bonds is 12. The summed E-state index contributed by atoms with van der Waals surface area (Å²) in [5.41, 5.74) is 11.9. The summed E-state index contributed by atoms with van der Waals surface area (Å²) in [7, 11) is -3.58. The summed E-state index contributed by atoms with van der Waals surface area (Å²) in [5.74, 6) is 0. The van der Waals surface area contributed by atoms with E-state index in [-0.39, 0.29) is 6.04 Å². The summed E-state index contributed by atoms with van der Waals surface area (Å²) in [5, 5.41) is 5.23. The minimum absolute atomic E-state index is 0.147. The minimum atomic E-state index is -3.58. The van der Waals surface area contributed by atoms with E-state index in [4.69, 9.17) is 23.2 Å². The van der Waals surface area contributed by atoms with E-state index in [0.717, 1.165) is 71.4 Å². The molecule has 334 valence electrons. The molecule has 0 radical (unpaired) electrons. The van der Waals surface area contributed by atoms with Gasteiger partial charge in [0.1, 0.15) is 0 Å². The Morgan fingerprint density at radius 2 is 1.00 bits per heavy atom. The summed E-state index contributed by atoms with van der Waals surface area (Å²) < 4.78 is 28.8. The Morgan fingerprint density at radius 1 is 0.523 bits per heavy atom. The first kappa shape index (κ1) is 46.4. The van der Waals surface area contributed by atoms with Gasteiger partial charge < -0.3 is 5.32 Å². The summed E-state index contributed by atoms with van der Waals surface area (Å²) in [4.78, 5) is 5.27. The van der Waals surface area contributed by atoms with E-state index in [9.17, 15) is 8.42 Å². The second-order valence-electron chi connectivity index (χ2n) is 17.4. The maximum atomic E-state index is 13.6. The molecule has 2 aliphatic rings. The molecule has 0 amide bonds. The van der Waals surface area contributed by atoms with Crippen LogP contribution in [-0.2, 0) is 36.0 Å². The number of benzene rings is 7. The molecule has 0 aliphatic carbocycles. The Morgan fingerprint density at radius 3 is 1.52 bits per heavy atom. The lowest BCUT2D eigenvalue weighted by atomic mass is 10.0. The molecule has 0 bridgehead atoms. The zero-order chi connectivity index (χ0) is 45.2. The van der Waals surface area contributed by atoms with Gasteiger partial charge in [-0.2, -0.15) is 4.31 Å². The zero-order valence-corrected chi connectivity index (χ0v) is 39.6. The highest BCUT2D eigenvalue weighted by Crippen LogP contribution is 2.31. The molecule has 7 aromatic carbocycles. The van der Waals surface area contributed by atoms with Crippen molar-refractivity contribution in [2.24, 2.45) is 0 Å². The number of nitrogens with zero attached hydrogens (tertiary/aromatic N) is 3. The Kier molecular flexibility index (Phi) is 15.7. The molecule has 0 spiro atoms. The fraction of sp³-hybridized carbons (Fsp3) is 0.250. The molecular formula is C56H58Cl2N4O2S. The van der Waals surface area contributed by atoms with E-state index in [1.807, 2.05) is 42.5 Å². The largest absolute Gasteiger partial charge is 0.311 e. The Hall–Kier alpha value is -5.09. The molecule has 1 N–H and O–H groups in total. The van der Waals surface area contributed by atoms with Gasteiger partial charge in [0.25, 0.3) is 0 Å². The highest BCUT2D eigenvalue weighted by molar-refractivity contribution is 7.89. The molecule has 2 heterocycles. The van der Waals surface area contributed by atoms with Gasteiger partial charge >= 0.3 is 0 Å². The summed E-state index contributed by atoms with van der Waals surface area (Å²) in [6, 6.07) is 59.7. The van der Waals surface area contributed by atoms with E-state index in [1.54, 1.807) is 28.6 Å². The molecule has 0 aromatic heterocycles. The van der Waals surface area contributed by atoms with Crippen molar-refractivity contribution in [2.45, 2.75) is 56.8 Å². The quantitative estimate of drug-likeness (QED) is 0.132. The predicted octanol–water partition coefficient (Wildman–Crippen LogP) is 11.8. The minimum Gasteiger partial charge on any atom is -0.311 e. The lowest BCUT2D eigenvalue weighted by molar-refractivity contribution is 0.129. The first-order chi connectivity index (χ1) is 31.6. The lowest BCUT2D eigenvalue weighted by Crippen LogP contribution is -2.55. The molecule has 2 aliphatic heterocycles. The molecule has 9 heteroatoms. The molecular weight excluding hydrogens is 864 g/mol. The van der Waals surface area contributed by atoms with Crippen molar-refractivity contribution in [1.29, 1.82) is 0 Å². The standard InChI is InChI=1S/C31H31ClN2O2S.C25H27ClN2/c1-24-12-17-31(32)30(20-24)27-15-13-26(14-16-27)22-33-18-19-34(37(35,36)29-10-6-3-7-11-29)28(23-33)21-25-8-4-2-5-9-25;1-19-7-12-25(26)24(15-19)22-10-8-21(9-11-22)17-28-14-13-27-23(18-28)16-20-5-3-2-4-6-20/h2-17,20,28H,18-19,21-23H2,1H3;2-12,15,23,27H,13-14,16-18H2,1H3/t28-;23-/m11/s1. The number of nitrogens with one attached hydrogen (secondary N) is 1. The van der Waals surface area contributed by atoms with Crippen molar-refractivity contribution in [2.75, 3.05) is 39.3 Å². The maximum Gasteiger partial charge on any atom is 0.243 e. The summed E-state index contributed by atoms with van der Waals surface area (Å²) in [6.07, 6.45) is 1.76. The average Bonchev–Trinajstić information content (AvgIpc) is 3.32. The van der Waals surface area contributed by atoms with Crippen molar-refractivity contribution in [1.82, 2.24) is 19.4 Å². The van der Waals surface area contributed by atoms with E-state index >= 15 is 0 Å². The molecule has 9 rings (SSSR count). The van der Waals surface area contributed by atoms with Gasteiger partial charge in [-0.3, -0.25) is 9.80 Å². The van der Waals surface area contributed by atoms with Crippen LogP contribution < -0.4 is 5.32 Å². The SMILES string of the molecule is Cc1ccc(Cl)c(-c2ccc(CN3CCN(S(=O)(=O)c4ccccc4)[C@H](Cc4ccccc4)C3)cc2)c1.Cc1ccc(Cl)c(-c2ccc(CN3CCN[C@H](Cc4ccccc4)C3)cc2)c1. The number of piperazine rings is 2. The fourth-order valence-electron chi connectivity index (χ4n) is 9.03. The summed E-state index contributed by atoms with van der Waals surface area (Å²) >= 11 is 12.8. The van der Waals surface area contributed by atoms with Crippen molar-refractivity contribution in [3.05, 3.63) is 219 Å². The highest BCUT2D eigenvalue weighted by atomic mass is 35.5. The number of hydrogen-bond donors (Lipinski definition) is 1. The van der Waals surface area contributed by atoms with Gasteiger partial charge in [-0.25, -0.2) is 8.42 Å². The fourth-order valence-corrected chi connectivity index (χ4v) is 11.1. The van der Waals surface area contributed by atoms with Crippen molar-refractivity contribution in [3.8, 4) is 22.3 Å². The van der Waals surface area contributed by atoms with E-state index in [1.165, 1.54) is 33.4 Å². The smallest absolute Gasteiger partial charge is 0.243 e. The zero-order valence-electron chi connectivity index (χ0n) is 37.3. The molecule has 2 atom stereocenters. The number of aryl methyl sites for hydroxylation is 2. The Labute approximate surface area is 396 Å². The number of hydrogen-bond acceptors (Lipinski definition) is 5. The van der Waals surface area contributed by atoms with Crippen molar-refractivity contribution >= 4 is 33.2 Å². The second-order valence-corrected chi connectivity index (χ2v) is 20.1. The van der Waals surface area contributed by atoms with Gasteiger partial charge in [-0.05, 0) is 96.5 Å². The van der Waals surface area contributed by atoms with Crippen LogP contribution in [0.5, 0.6) is 0 Å². The van der Waals surface area contributed by atoms with Gasteiger partial charge in [0.15, 0.2) is 0 Å². The van der Waals surface area contributed by atoms with Crippen LogP contribution in [0, 0.1) is 13.8 Å². The summed E-state index contributed by atoms with van der Waals surface area (Å²) in [6.45, 7) is 11.0. The Balaban J connectivity index is 0.000000184. The predicted molar refractivity (Wildman–Crippen MR) is 270 cm³/mol. The third-order valence-electron chi connectivity index (χ3n) is 12.4. The average molecular weight is 922 g/mol. The molecule has 6 nitrogen and oxygen atoms in total. The van der Waals surface area contributed by atoms with Crippen molar-refractivity contribution < 1.29 is 8.42 Å². The maximum absolute atomic E-state index is 13.6. The normalized spacial score (nSPS) is 17.3. The van der Waals surface area contributed by atoms with Crippen molar-refractivity contribution in [3.63, 3.8) is 0 Å². The first-order valence-electron chi connectivity index (χ1n) is 22.6. The Bertz CT molecular complexity index is 2720. The van der Waals surface area contributed by atoms with Gasteiger partial charge in [-0.1, -0.05) is 174 Å². The second kappa shape index (κ2) is 21.9. The highest BCUT2D eigenvalue weighted by Gasteiger charge is 2.36. The molecule has 0 saturated carbocycles. The van der Waals surface area contributed by atoms with Crippen LogP contribution >= 0.6 is 23.2 Å². The first-order valence-corrected chi connectivity index (χ1v) is 24.8. The number of halogens is 2. The van der Waals surface area contributed by atoms with Gasteiger partial charge in [-0.15, -0.1) is 0 Å². The molecule has 65 heavy (non-hydrogen) atoms. The van der Waals surface area contributed by atoms with E-state index in [0.29, 0.717) is 37.0 Å². The molecule has 2 saturated heterocycles. The molecule has 0 unspecified atom stereocenters. The van der Waals surface area contributed by atoms with Gasteiger partial charge in [0.2, 0.25) is 10.0 Å². The monoisotopic (exact) mass is 920 g/mol. The third-order valence-corrected chi connectivity index (χ3v) is 15.1. The van der Waals surface area contributed by atoms with Gasteiger partial charge in [0.05, 0.1) is 4.90 Å². The van der Waals surface area contributed by atoms with Crippen LogP contribution in [0.15, 0.2) is 181 Å². The van der Waals surface area contributed by atoms with Crippen LogP contribution in [0.4, 0.5) is 0 Å². The lowest BCUT2D eigenvalue weighted by Gasteiger charge is -2.40. The van der Waals surface area contributed by atoms with Crippen LogP contribution in [0.2, 0.25) is 10.0 Å².